The van der Waals surface area contributed by atoms with E-state index >= 15 is 0 Å². The number of nitrogens with one attached hydrogen (secondary N) is 1. The van der Waals surface area contributed by atoms with Gasteiger partial charge in [-0.2, -0.15) is 0 Å². The summed E-state index contributed by atoms with van der Waals surface area (Å²) in [4.78, 5) is 2.55. The van der Waals surface area contributed by atoms with Gasteiger partial charge in [0.25, 0.3) is 0 Å². The summed E-state index contributed by atoms with van der Waals surface area (Å²) in [5.74, 6) is 0.537. The van der Waals surface area contributed by atoms with Gasteiger partial charge >= 0.3 is 0 Å². The molecule has 2 rings (SSSR count). The molecule has 0 aliphatic carbocycles. The number of benzene rings is 1. The van der Waals surface area contributed by atoms with Crippen LogP contribution >= 0.6 is 11.6 Å². The zero-order valence-electron chi connectivity index (χ0n) is 13.3. The van der Waals surface area contributed by atoms with Crippen molar-refractivity contribution in [2.75, 3.05) is 19.6 Å². The van der Waals surface area contributed by atoms with Gasteiger partial charge in [-0.15, -0.1) is 0 Å². The Morgan fingerprint density at radius 2 is 1.86 bits per heavy atom. The van der Waals surface area contributed by atoms with Crippen molar-refractivity contribution in [3.05, 3.63) is 29.3 Å². The second kappa shape index (κ2) is 7.77. The van der Waals surface area contributed by atoms with Gasteiger partial charge in [0.15, 0.2) is 0 Å². The van der Waals surface area contributed by atoms with Gasteiger partial charge < -0.3 is 0 Å². The molecule has 1 N–H and O–H groups in total. The first-order valence-electron chi connectivity index (χ1n) is 7.88. The van der Waals surface area contributed by atoms with E-state index in [1.807, 2.05) is 0 Å². The summed E-state index contributed by atoms with van der Waals surface area (Å²) in [6, 6.07) is 6.81. The highest BCUT2D eigenvalue weighted by Gasteiger charge is 2.25. The minimum absolute atomic E-state index is 0.154. The van der Waals surface area contributed by atoms with E-state index in [1.54, 1.807) is 18.2 Å². The molecule has 0 aromatic heterocycles. The second-order valence-electron chi connectivity index (χ2n) is 6.31. The lowest BCUT2D eigenvalue weighted by molar-refractivity contribution is 0.214. The highest BCUT2D eigenvalue weighted by Crippen LogP contribution is 2.21. The van der Waals surface area contributed by atoms with Crippen LogP contribution in [0.2, 0.25) is 5.02 Å². The zero-order chi connectivity index (χ0) is 16.2. The van der Waals surface area contributed by atoms with Gasteiger partial charge in [0.05, 0.1) is 5.02 Å². The van der Waals surface area contributed by atoms with Crippen molar-refractivity contribution in [3.63, 3.8) is 0 Å². The maximum absolute atomic E-state index is 12.4. The molecule has 1 aromatic rings. The number of rotatable bonds is 7. The third-order valence-corrected chi connectivity index (χ3v) is 5.96. The Labute approximate surface area is 138 Å². The number of hydrogen-bond acceptors (Lipinski definition) is 3. The minimum Gasteiger partial charge on any atom is -0.299 e. The third kappa shape index (κ3) is 4.69. The van der Waals surface area contributed by atoms with Gasteiger partial charge in [0.2, 0.25) is 10.0 Å². The highest BCUT2D eigenvalue weighted by atomic mass is 35.5. The molecule has 0 saturated carbocycles. The predicted molar refractivity (Wildman–Crippen MR) is 90.7 cm³/mol. The van der Waals surface area contributed by atoms with Crippen molar-refractivity contribution in [2.45, 2.75) is 44.0 Å². The minimum atomic E-state index is -3.56. The highest BCUT2D eigenvalue weighted by molar-refractivity contribution is 7.89. The Hall–Kier alpha value is -0.620. The van der Waals surface area contributed by atoms with Crippen molar-refractivity contribution >= 4 is 21.6 Å². The SMILES string of the molecule is CC(C)CC(CNS(=O)(=O)c1ccccc1Cl)N1CCCC1. The van der Waals surface area contributed by atoms with Crippen LogP contribution in [0.4, 0.5) is 0 Å². The van der Waals surface area contributed by atoms with Gasteiger partial charge in [-0.05, 0) is 50.4 Å². The summed E-state index contributed by atoms with van der Waals surface area (Å²) in [6.45, 7) is 6.90. The molecule has 0 spiro atoms. The number of hydrogen-bond donors (Lipinski definition) is 1. The number of halogens is 1. The molecule has 1 aliphatic rings. The van der Waals surface area contributed by atoms with Gasteiger partial charge in [0, 0.05) is 12.6 Å². The van der Waals surface area contributed by atoms with Gasteiger partial charge in [0.1, 0.15) is 4.90 Å². The van der Waals surface area contributed by atoms with Crippen LogP contribution in [0.5, 0.6) is 0 Å². The second-order valence-corrected chi connectivity index (χ2v) is 8.45. The Morgan fingerprint density at radius 1 is 1.23 bits per heavy atom. The molecule has 0 amide bonds. The van der Waals surface area contributed by atoms with Crippen molar-refractivity contribution in [1.29, 1.82) is 0 Å². The largest absolute Gasteiger partial charge is 0.299 e. The van der Waals surface area contributed by atoms with Crippen LogP contribution in [-0.2, 0) is 10.0 Å². The Balaban J connectivity index is 2.06. The average molecular weight is 345 g/mol. The van der Waals surface area contributed by atoms with Crippen molar-refractivity contribution in [2.24, 2.45) is 5.92 Å². The normalized spacial score (nSPS) is 18.0. The Morgan fingerprint density at radius 3 is 2.45 bits per heavy atom. The van der Waals surface area contributed by atoms with Crippen LogP contribution in [0.25, 0.3) is 0 Å². The molecular weight excluding hydrogens is 320 g/mol. The standard InChI is InChI=1S/C16H25ClN2O2S/c1-13(2)11-14(19-9-5-6-10-19)12-18-22(20,21)16-8-4-3-7-15(16)17/h3-4,7-8,13-14,18H,5-6,9-12H2,1-2H3. The fraction of sp³-hybridized carbons (Fsp3) is 0.625. The predicted octanol–water partition coefficient (Wildman–Crippen LogP) is 3.13. The van der Waals surface area contributed by atoms with E-state index in [0.29, 0.717) is 12.5 Å². The molecular formula is C16H25ClN2O2S. The maximum Gasteiger partial charge on any atom is 0.242 e. The number of likely N-dealkylation sites (tertiary alicyclic amines) is 1. The summed E-state index contributed by atoms with van der Waals surface area (Å²) in [5, 5.41) is 0.261. The van der Waals surface area contributed by atoms with Crippen molar-refractivity contribution in [1.82, 2.24) is 9.62 Å². The van der Waals surface area contributed by atoms with Crippen LogP contribution < -0.4 is 4.72 Å². The monoisotopic (exact) mass is 344 g/mol. The zero-order valence-corrected chi connectivity index (χ0v) is 14.8. The Kier molecular flexibility index (Phi) is 6.26. The van der Waals surface area contributed by atoms with Crippen LogP contribution in [0.15, 0.2) is 29.2 Å². The molecule has 1 aliphatic heterocycles. The van der Waals surface area contributed by atoms with Crippen LogP contribution in [0.1, 0.15) is 33.1 Å². The van der Waals surface area contributed by atoms with Gasteiger partial charge in [-0.1, -0.05) is 37.6 Å². The third-order valence-electron chi connectivity index (χ3n) is 4.04. The average Bonchev–Trinajstić information content (AvgIpc) is 2.97. The quantitative estimate of drug-likeness (QED) is 0.826. The van der Waals surface area contributed by atoms with Crippen molar-refractivity contribution in [3.8, 4) is 0 Å². The molecule has 1 fully saturated rings. The summed E-state index contributed by atoms with van der Waals surface area (Å²) >= 11 is 6.01. The fourth-order valence-corrected chi connectivity index (χ4v) is 4.55. The van der Waals surface area contributed by atoms with Crippen molar-refractivity contribution < 1.29 is 8.42 Å². The molecule has 1 atom stereocenters. The molecule has 1 unspecified atom stereocenters. The summed E-state index contributed by atoms with van der Waals surface area (Å²) in [5.41, 5.74) is 0. The van der Waals surface area contributed by atoms with E-state index in [4.69, 9.17) is 11.6 Å². The smallest absolute Gasteiger partial charge is 0.242 e. The summed E-state index contributed by atoms with van der Waals surface area (Å²) in [7, 11) is -3.56. The molecule has 6 heteroatoms. The van der Waals surface area contributed by atoms with E-state index in [2.05, 4.69) is 23.5 Å². The van der Waals surface area contributed by atoms with E-state index in [9.17, 15) is 8.42 Å². The van der Waals surface area contributed by atoms with Gasteiger partial charge in [-0.25, -0.2) is 13.1 Å². The molecule has 124 valence electrons. The summed E-state index contributed by atoms with van der Waals surface area (Å²) in [6.07, 6.45) is 3.39. The maximum atomic E-state index is 12.4. The number of sulfonamides is 1. The molecule has 1 heterocycles. The van der Waals surface area contributed by atoms with E-state index in [-0.39, 0.29) is 16.0 Å². The van der Waals surface area contributed by atoms with Crippen LogP contribution in [0.3, 0.4) is 0 Å². The molecule has 0 bridgehead atoms. The van der Waals surface area contributed by atoms with Gasteiger partial charge in [-0.3, -0.25) is 4.90 Å². The topological polar surface area (TPSA) is 49.4 Å². The molecule has 4 nitrogen and oxygen atoms in total. The lowest BCUT2D eigenvalue weighted by Gasteiger charge is -2.29. The van der Waals surface area contributed by atoms with Crippen LogP contribution in [-0.4, -0.2) is 39.0 Å². The first-order chi connectivity index (χ1) is 10.4. The molecule has 1 aromatic carbocycles. The van der Waals surface area contributed by atoms with E-state index < -0.39 is 10.0 Å². The van der Waals surface area contributed by atoms with Crippen LogP contribution in [0, 0.1) is 5.92 Å². The van der Waals surface area contributed by atoms with E-state index in [0.717, 1.165) is 19.5 Å². The van der Waals surface area contributed by atoms with E-state index in [1.165, 1.54) is 18.9 Å². The summed E-state index contributed by atoms with van der Waals surface area (Å²) < 4.78 is 27.6. The molecule has 1 saturated heterocycles. The lowest BCUT2D eigenvalue weighted by Crippen LogP contribution is -2.43. The lowest BCUT2D eigenvalue weighted by atomic mass is 10.0. The molecule has 0 radical (unpaired) electrons. The molecule has 22 heavy (non-hydrogen) atoms. The first kappa shape index (κ1) is 17.7. The first-order valence-corrected chi connectivity index (χ1v) is 9.74. The number of nitrogens with zero attached hydrogens (tertiary/aromatic N) is 1. The Bertz CT molecular complexity index is 584. The fourth-order valence-electron chi connectivity index (χ4n) is 2.96.